The van der Waals surface area contributed by atoms with Crippen molar-refractivity contribution in [3.8, 4) is 0 Å². The molecule has 0 atom stereocenters. The summed E-state index contributed by atoms with van der Waals surface area (Å²) in [6.07, 6.45) is 4.05. The van der Waals surface area contributed by atoms with Crippen LogP contribution in [0.5, 0.6) is 0 Å². The van der Waals surface area contributed by atoms with Gasteiger partial charge in [0.1, 0.15) is 11.4 Å². The number of pyridine rings is 1. The number of hydrogen-bond acceptors (Lipinski definition) is 3. The molecule has 4 nitrogen and oxygen atoms in total. The first-order valence-electron chi connectivity index (χ1n) is 6.96. The highest BCUT2D eigenvalue weighted by atomic mass is 16.4. The fraction of sp³-hybridized carbons (Fsp3) is 0.600. The fourth-order valence-corrected chi connectivity index (χ4v) is 2.47. The van der Waals surface area contributed by atoms with Crippen molar-refractivity contribution in [2.24, 2.45) is 5.92 Å². The molecule has 1 N–H and O–H groups in total. The Morgan fingerprint density at radius 3 is 2.84 bits per heavy atom. The molecule has 0 fully saturated rings. The van der Waals surface area contributed by atoms with Crippen LogP contribution in [0.3, 0.4) is 0 Å². The van der Waals surface area contributed by atoms with E-state index in [1.54, 1.807) is 0 Å². The van der Waals surface area contributed by atoms with Gasteiger partial charge in [0.15, 0.2) is 0 Å². The van der Waals surface area contributed by atoms with E-state index < -0.39 is 5.97 Å². The maximum atomic E-state index is 11.4. The minimum Gasteiger partial charge on any atom is -0.478 e. The van der Waals surface area contributed by atoms with Crippen LogP contribution in [0.4, 0.5) is 5.82 Å². The van der Waals surface area contributed by atoms with Gasteiger partial charge in [0.2, 0.25) is 0 Å². The molecule has 0 bridgehead atoms. The SMILES string of the molecule is CC(C)CCN(C)c1nc2c(cc1C(=O)O)CCC2. The van der Waals surface area contributed by atoms with Crippen LogP contribution >= 0.6 is 0 Å². The normalized spacial score (nSPS) is 13.7. The van der Waals surface area contributed by atoms with Gasteiger partial charge in [0, 0.05) is 19.3 Å². The average Bonchev–Trinajstić information content (AvgIpc) is 2.81. The van der Waals surface area contributed by atoms with Gasteiger partial charge in [-0.25, -0.2) is 9.78 Å². The van der Waals surface area contributed by atoms with Gasteiger partial charge in [0.05, 0.1) is 0 Å². The van der Waals surface area contributed by atoms with E-state index in [2.05, 4.69) is 18.8 Å². The van der Waals surface area contributed by atoms with E-state index in [1.165, 1.54) is 0 Å². The third kappa shape index (κ3) is 3.06. The van der Waals surface area contributed by atoms with Crippen molar-refractivity contribution in [3.63, 3.8) is 0 Å². The molecule has 0 unspecified atom stereocenters. The van der Waals surface area contributed by atoms with Crippen molar-refractivity contribution >= 4 is 11.8 Å². The largest absolute Gasteiger partial charge is 0.478 e. The van der Waals surface area contributed by atoms with Crippen molar-refractivity contribution in [2.45, 2.75) is 39.5 Å². The first-order valence-corrected chi connectivity index (χ1v) is 6.96. The maximum Gasteiger partial charge on any atom is 0.339 e. The zero-order valence-corrected chi connectivity index (χ0v) is 11.9. The van der Waals surface area contributed by atoms with Crippen LogP contribution < -0.4 is 4.90 Å². The summed E-state index contributed by atoms with van der Waals surface area (Å²) in [6.45, 7) is 5.17. The summed E-state index contributed by atoms with van der Waals surface area (Å²) in [7, 11) is 1.93. The quantitative estimate of drug-likeness (QED) is 0.886. The Kier molecular flexibility index (Phi) is 4.08. The van der Waals surface area contributed by atoms with Gasteiger partial charge < -0.3 is 10.0 Å². The van der Waals surface area contributed by atoms with Crippen molar-refractivity contribution in [1.29, 1.82) is 0 Å². The van der Waals surface area contributed by atoms with E-state index in [4.69, 9.17) is 0 Å². The minimum absolute atomic E-state index is 0.340. The molecule has 4 heteroatoms. The molecule has 1 heterocycles. The summed E-state index contributed by atoms with van der Waals surface area (Å²) in [5.74, 6) is 0.340. The van der Waals surface area contributed by atoms with Gasteiger partial charge in [-0.2, -0.15) is 0 Å². The van der Waals surface area contributed by atoms with Crippen LogP contribution in [0.25, 0.3) is 0 Å². The number of aromatic nitrogens is 1. The summed E-state index contributed by atoms with van der Waals surface area (Å²) in [5.41, 5.74) is 2.53. The Morgan fingerprint density at radius 2 is 2.21 bits per heavy atom. The van der Waals surface area contributed by atoms with Crippen molar-refractivity contribution < 1.29 is 9.90 Å². The summed E-state index contributed by atoms with van der Waals surface area (Å²) in [5, 5.41) is 9.36. The van der Waals surface area contributed by atoms with Crippen LogP contribution in [0.2, 0.25) is 0 Å². The third-order valence-electron chi connectivity index (χ3n) is 3.66. The van der Waals surface area contributed by atoms with Gasteiger partial charge in [-0.15, -0.1) is 0 Å². The lowest BCUT2D eigenvalue weighted by atomic mass is 10.1. The van der Waals surface area contributed by atoms with Crippen molar-refractivity contribution in [1.82, 2.24) is 4.98 Å². The number of carboxylic acid groups (broad SMARTS) is 1. The molecule has 0 saturated heterocycles. The maximum absolute atomic E-state index is 11.4. The first kappa shape index (κ1) is 13.8. The summed E-state index contributed by atoms with van der Waals surface area (Å²) >= 11 is 0. The predicted octanol–water partition coefficient (Wildman–Crippen LogP) is 2.75. The van der Waals surface area contributed by atoms with Gasteiger partial charge in [0.25, 0.3) is 0 Å². The third-order valence-corrected chi connectivity index (χ3v) is 3.66. The standard InChI is InChI=1S/C15H22N2O2/c1-10(2)7-8-17(3)14-12(15(18)19)9-11-5-4-6-13(11)16-14/h9-10H,4-8H2,1-3H3,(H,18,19). The lowest BCUT2D eigenvalue weighted by Gasteiger charge is -2.22. The zero-order chi connectivity index (χ0) is 14.0. The second kappa shape index (κ2) is 5.59. The Balaban J connectivity index is 2.29. The molecule has 1 aliphatic carbocycles. The van der Waals surface area contributed by atoms with Gasteiger partial charge in [-0.05, 0) is 43.2 Å². The fourth-order valence-electron chi connectivity index (χ4n) is 2.47. The molecule has 19 heavy (non-hydrogen) atoms. The number of anilines is 1. The molecule has 1 aromatic rings. The monoisotopic (exact) mass is 262 g/mol. The number of aromatic carboxylic acids is 1. The Bertz CT molecular complexity index is 483. The number of carbonyl (C=O) groups is 1. The zero-order valence-electron chi connectivity index (χ0n) is 11.9. The number of fused-ring (bicyclic) bond motifs is 1. The number of nitrogens with zero attached hydrogens (tertiary/aromatic N) is 2. The topological polar surface area (TPSA) is 53.4 Å². The van der Waals surface area contributed by atoms with Crippen LogP contribution in [0.1, 0.15) is 48.3 Å². The number of aryl methyl sites for hydroxylation is 2. The molecule has 1 aliphatic rings. The highest BCUT2D eigenvalue weighted by Gasteiger charge is 2.21. The second-order valence-electron chi connectivity index (χ2n) is 5.73. The van der Waals surface area contributed by atoms with Crippen LogP contribution in [0.15, 0.2) is 6.07 Å². The molecule has 0 aromatic carbocycles. The molecule has 0 spiro atoms. The molecule has 0 radical (unpaired) electrons. The molecule has 104 valence electrons. The van der Waals surface area contributed by atoms with Crippen LogP contribution in [0, 0.1) is 5.92 Å². The predicted molar refractivity (Wildman–Crippen MR) is 75.9 cm³/mol. The van der Waals surface area contributed by atoms with Gasteiger partial charge in [-0.1, -0.05) is 13.8 Å². The lowest BCUT2D eigenvalue weighted by molar-refractivity contribution is 0.0697. The van der Waals surface area contributed by atoms with Crippen molar-refractivity contribution in [2.75, 3.05) is 18.5 Å². The second-order valence-corrected chi connectivity index (χ2v) is 5.73. The summed E-state index contributed by atoms with van der Waals surface area (Å²) < 4.78 is 0. The summed E-state index contributed by atoms with van der Waals surface area (Å²) in [4.78, 5) is 18.0. The Morgan fingerprint density at radius 1 is 1.47 bits per heavy atom. The number of carboxylic acids is 1. The molecule has 0 saturated carbocycles. The van der Waals surface area contributed by atoms with E-state index in [9.17, 15) is 9.90 Å². The molecule has 1 aromatic heterocycles. The van der Waals surface area contributed by atoms with Gasteiger partial charge >= 0.3 is 5.97 Å². The lowest BCUT2D eigenvalue weighted by Crippen LogP contribution is -2.24. The minimum atomic E-state index is -0.881. The molecule has 0 aliphatic heterocycles. The van der Waals surface area contributed by atoms with Crippen LogP contribution in [-0.4, -0.2) is 29.7 Å². The smallest absolute Gasteiger partial charge is 0.339 e. The number of hydrogen-bond donors (Lipinski definition) is 1. The first-order chi connectivity index (χ1) is 8.99. The van der Waals surface area contributed by atoms with Gasteiger partial charge in [-0.3, -0.25) is 0 Å². The Hall–Kier alpha value is -1.58. The summed E-state index contributed by atoms with van der Waals surface area (Å²) in [6, 6.07) is 1.82. The van der Waals surface area contributed by atoms with E-state index in [0.29, 0.717) is 17.3 Å². The molecule has 2 rings (SSSR count). The number of rotatable bonds is 5. The molecular weight excluding hydrogens is 240 g/mol. The molecule has 0 amide bonds. The Labute approximate surface area is 114 Å². The van der Waals surface area contributed by atoms with E-state index >= 15 is 0 Å². The van der Waals surface area contributed by atoms with E-state index in [-0.39, 0.29) is 0 Å². The van der Waals surface area contributed by atoms with Crippen LogP contribution in [-0.2, 0) is 12.8 Å². The van der Waals surface area contributed by atoms with E-state index in [0.717, 1.165) is 43.5 Å². The molecular formula is C15H22N2O2. The van der Waals surface area contributed by atoms with Crippen molar-refractivity contribution in [3.05, 3.63) is 22.9 Å². The highest BCUT2D eigenvalue weighted by Crippen LogP contribution is 2.27. The average molecular weight is 262 g/mol. The highest BCUT2D eigenvalue weighted by molar-refractivity contribution is 5.93. The van der Waals surface area contributed by atoms with E-state index in [1.807, 2.05) is 18.0 Å².